The van der Waals surface area contributed by atoms with E-state index in [1.165, 1.54) is 12.1 Å². The number of carbonyl (C=O) groups excluding carboxylic acids is 2. The van der Waals surface area contributed by atoms with E-state index >= 15 is 0 Å². The van der Waals surface area contributed by atoms with Gasteiger partial charge in [-0.2, -0.15) is 0 Å². The van der Waals surface area contributed by atoms with Crippen molar-refractivity contribution < 1.29 is 19.1 Å². The maximum absolute atomic E-state index is 13.3. The lowest BCUT2D eigenvalue weighted by atomic mass is 9.92. The molecule has 7 nitrogen and oxygen atoms in total. The number of anilines is 1. The number of benzene rings is 1. The Morgan fingerprint density at radius 3 is 2.59 bits per heavy atom. The molecule has 1 aliphatic rings. The zero-order chi connectivity index (χ0) is 20.4. The van der Waals surface area contributed by atoms with Crippen LogP contribution in [0.3, 0.4) is 0 Å². The maximum atomic E-state index is 13.3. The molecule has 8 heteroatoms. The van der Waals surface area contributed by atoms with E-state index in [2.05, 4.69) is 15.6 Å². The summed E-state index contributed by atoms with van der Waals surface area (Å²) in [6, 6.07) is 10.7. The summed E-state index contributed by atoms with van der Waals surface area (Å²) >= 11 is 0. The molecule has 29 heavy (non-hydrogen) atoms. The SMILES string of the molecule is O=C(Nc1c(-c2ccc(F)cc2)nc2ccccn12)C(=O)N[C@@H]1CCCC[C@H]1O. The Balaban J connectivity index is 1.61. The number of imidazole rings is 1. The summed E-state index contributed by atoms with van der Waals surface area (Å²) in [6.07, 6.45) is 4.11. The van der Waals surface area contributed by atoms with Gasteiger partial charge in [0.25, 0.3) is 0 Å². The molecule has 3 aromatic rings. The minimum Gasteiger partial charge on any atom is -0.391 e. The summed E-state index contributed by atoms with van der Waals surface area (Å²) in [5, 5.41) is 15.3. The average Bonchev–Trinajstić information content (AvgIpc) is 3.08. The number of rotatable bonds is 3. The van der Waals surface area contributed by atoms with Crippen LogP contribution < -0.4 is 10.6 Å². The minimum absolute atomic E-state index is 0.316. The van der Waals surface area contributed by atoms with Gasteiger partial charge < -0.3 is 15.7 Å². The fourth-order valence-corrected chi connectivity index (χ4v) is 3.60. The molecular weight excluding hydrogens is 375 g/mol. The number of nitrogens with one attached hydrogen (secondary N) is 2. The van der Waals surface area contributed by atoms with Crippen LogP contribution in [-0.4, -0.2) is 38.5 Å². The van der Waals surface area contributed by atoms with Crippen molar-refractivity contribution in [3.8, 4) is 11.3 Å². The highest BCUT2D eigenvalue weighted by molar-refractivity contribution is 6.39. The zero-order valence-corrected chi connectivity index (χ0v) is 15.6. The molecule has 150 valence electrons. The topological polar surface area (TPSA) is 95.7 Å². The molecule has 2 amide bonds. The van der Waals surface area contributed by atoms with Gasteiger partial charge >= 0.3 is 11.8 Å². The summed E-state index contributed by atoms with van der Waals surface area (Å²) in [6.45, 7) is 0. The molecule has 0 saturated heterocycles. The quantitative estimate of drug-likeness (QED) is 0.593. The number of amides is 2. The van der Waals surface area contributed by atoms with Crippen molar-refractivity contribution in [1.82, 2.24) is 14.7 Å². The summed E-state index contributed by atoms with van der Waals surface area (Å²) < 4.78 is 15.0. The van der Waals surface area contributed by atoms with E-state index < -0.39 is 24.0 Å². The molecule has 2 atom stereocenters. The van der Waals surface area contributed by atoms with E-state index in [-0.39, 0.29) is 5.82 Å². The van der Waals surface area contributed by atoms with Crippen molar-refractivity contribution in [2.75, 3.05) is 5.32 Å². The number of carbonyl (C=O) groups is 2. The van der Waals surface area contributed by atoms with Crippen LogP contribution in [-0.2, 0) is 9.59 Å². The van der Waals surface area contributed by atoms with Crippen molar-refractivity contribution in [1.29, 1.82) is 0 Å². The van der Waals surface area contributed by atoms with Crippen LogP contribution in [0.1, 0.15) is 25.7 Å². The lowest BCUT2D eigenvalue weighted by Crippen LogP contribution is -2.48. The zero-order valence-electron chi connectivity index (χ0n) is 15.6. The Labute approximate surface area is 166 Å². The van der Waals surface area contributed by atoms with E-state index in [1.807, 2.05) is 0 Å². The van der Waals surface area contributed by atoms with E-state index in [0.717, 1.165) is 12.8 Å². The molecule has 0 aliphatic heterocycles. The van der Waals surface area contributed by atoms with Gasteiger partial charge in [-0.15, -0.1) is 0 Å². The molecule has 0 bridgehead atoms. The van der Waals surface area contributed by atoms with E-state index in [9.17, 15) is 19.1 Å². The van der Waals surface area contributed by atoms with Crippen LogP contribution in [0, 0.1) is 5.82 Å². The van der Waals surface area contributed by atoms with Gasteiger partial charge in [0, 0.05) is 11.8 Å². The maximum Gasteiger partial charge on any atom is 0.314 e. The van der Waals surface area contributed by atoms with Gasteiger partial charge in [-0.1, -0.05) is 18.9 Å². The first kappa shape index (κ1) is 19.1. The third-order valence-electron chi connectivity index (χ3n) is 5.13. The first-order valence-corrected chi connectivity index (χ1v) is 9.56. The normalized spacial score (nSPS) is 19.1. The van der Waals surface area contributed by atoms with Gasteiger partial charge in [-0.3, -0.25) is 14.0 Å². The van der Waals surface area contributed by atoms with Gasteiger partial charge in [0.15, 0.2) is 0 Å². The summed E-state index contributed by atoms with van der Waals surface area (Å²) in [7, 11) is 0. The van der Waals surface area contributed by atoms with E-state index in [1.54, 1.807) is 40.9 Å². The number of hydrogen-bond donors (Lipinski definition) is 3. The second-order valence-electron chi connectivity index (χ2n) is 7.13. The van der Waals surface area contributed by atoms with E-state index in [4.69, 9.17) is 0 Å². The highest BCUT2D eigenvalue weighted by Gasteiger charge is 2.28. The fraction of sp³-hybridized carbons (Fsp3) is 0.286. The van der Waals surface area contributed by atoms with Crippen LogP contribution in [0.5, 0.6) is 0 Å². The van der Waals surface area contributed by atoms with Crippen molar-refractivity contribution in [3.05, 3.63) is 54.5 Å². The molecule has 1 aromatic carbocycles. The predicted molar refractivity (Wildman–Crippen MR) is 106 cm³/mol. The van der Waals surface area contributed by atoms with Gasteiger partial charge in [-0.25, -0.2) is 9.37 Å². The Hall–Kier alpha value is -3.26. The minimum atomic E-state index is -0.850. The summed E-state index contributed by atoms with van der Waals surface area (Å²) in [5.74, 6) is -1.73. The average molecular weight is 396 g/mol. The lowest BCUT2D eigenvalue weighted by molar-refractivity contribution is -0.137. The lowest BCUT2D eigenvalue weighted by Gasteiger charge is -2.27. The fourth-order valence-electron chi connectivity index (χ4n) is 3.60. The molecule has 0 radical (unpaired) electrons. The second kappa shape index (κ2) is 8.00. The first-order valence-electron chi connectivity index (χ1n) is 9.56. The third kappa shape index (κ3) is 3.97. The second-order valence-corrected chi connectivity index (χ2v) is 7.13. The van der Waals surface area contributed by atoms with Crippen LogP contribution >= 0.6 is 0 Å². The smallest absolute Gasteiger partial charge is 0.314 e. The number of hydrogen-bond acceptors (Lipinski definition) is 4. The molecule has 1 aliphatic carbocycles. The van der Waals surface area contributed by atoms with Crippen molar-refractivity contribution >= 4 is 23.3 Å². The Morgan fingerprint density at radius 2 is 1.83 bits per heavy atom. The van der Waals surface area contributed by atoms with Gasteiger partial charge in [0.2, 0.25) is 0 Å². The van der Waals surface area contributed by atoms with Gasteiger partial charge in [0.05, 0.1) is 12.1 Å². The van der Waals surface area contributed by atoms with Crippen molar-refractivity contribution in [3.63, 3.8) is 0 Å². The number of halogens is 1. The molecule has 2 heterocycles. The Bertz CT molecular complexity index is 1050. The number of aliphatic hydroxyl groups is 1. The first-order chi connectivity index (χ1) is 14.0. The molecule has 1 fully saturated rings. The number of nitrogens with zero attached hydrogens (tertiary/aromatic N) is 2. The van der Waals surface area contributed by atoms with Gasteiger partial charge in [0.1, 0.15) is 23.0 Å². The molecule has 4 rings (SSSR count). The van der Waals surface area contributed by atoms with Crippen molar-refractivity contribution in [2.24, 2.45) is 0 Å². The third-order valence-corrected chi connectivity index (χ3v) is 5.13. The van der Waals surface area contributed by atoms with Crippen LogP contribution in [0.4, 0.5) is 10.2 Å². The van der Waals surface area contributed by atoms with E-state index in [0.29, 0.717) is 35.6 Å². The molecule has 3 N–H and O–H groups in total. The number of aromatic nitrogens is 2. The molecule has 2 aromatic heterocycles. The Kier molecular flexibility index (Phi) is 5.26. The number of pyridine rings is 1. The Morgan fingerprint density at radius 1 is 1.07 bits per heavy atom. The predicted octanol–water partition coefficient (Wildman–Crippen LogP) is 2.50. The summed E-state index contributed by atoms with van der Waals surface area (Å²) in [4.78, 5) is 29.5. The van der Waals surface area contributed by atoms with Crippen molar-refractivity contribution in [2.45, 2.75) is 37.8 Å². The summed E-state index contributed by atoms with van der Waals surface area (Å²) in [5.41, 5.74) is 1.61. The molecule has 0 spiro atoms. The molecular formula is C21H21FN4O3. The number of aliphatic hydroxyl groups excluding tert-OH is 1. The number of fused-ring (bicyclic) bond motifs is 1. The standard InChI is InChI=1S/C21H21FN4O3/c22-14-10-8-13(9-11-14)18-19(26-12-4-3-7-17(26)24-18)25-21(29)20(28)23-15-5-1-2-6-16(15)27/h3-4,7-12,15-16,27H,1-2,5-6H2,(H,23,28)(H,25,29)/t15-,16-/m1/s1. The van der Waals surface area contributed by atoms with Crippen LogP contribution in [0.25, 0.3) is 16.9 Å². The highest BCUT2D eigenvalue weighted by atomic mass is 19.1. The van der Waals surface area contributed by atoms with Gasteiger partial charge in [-0.05, 0) is 49.2 Å². The monoisotopic (exact) mass is 396 g/mol. The van der Waals surface area contributed by atoms with Crippen LogP contribution in [0.2, 0.25) is 0 Å². The van der Waals surface area contributed by atoms with Crippen LogP contribution in [0.15, 0.2) is 48.7 Å². The molecule has 0 unspecified atom stereocenters. The highest BCUT2D eigenvalue weighted by Crippen LogP contribution is 2.29. The largest absolute Gasteiger partial charge is 0.391 e. The molecule has 1 saturated carbocycles.